The molecule has 4 heteroatoms. The second-order valence-electron chi connectivity index (χ2n) is 5.21. The van der Waals surface area contributed by atoms with Crippen LogP contribution in [0.2, 0.25) is 10.0 Å². The van der Waals surface area contributed by atoms with Crippen LogP contribution >= 0.6 is 23.2 Å². The average Bonchev–Trinajstić information content (AvgIpc) is 2.42. The molecule has 0 aliphatic heterocycles. The molecular weight excluding hydrogens is 281 g/mol. The molecule has 1 aromatic rings. The Bertz CT molecular complexity index is 425. The molecule has 0 saturated heterocycles. The fourth-order valence-electron chi connectivity index (χ4n) is 2.99. The molecule has 0 aromatic heterocycles. The molecule has 2 N–H and O–H groups in total. The Labute approximate surface area is 125 Å². The minimum atomic E-state index is -0.246. The van der Waals surface area contributed by atoms with Crippen molar-refractivity contribution in [2.24, 2.45) is 5.73 Å². The summed E-state index contributed by atoms with van der Waals surface area (Å²) in [4.78, 5) is 0. The van der Waals surface area contributed by atoms with Crippen molar-refractivity contribution in [2.45, 2.75) is 50.7 Å². The summed E-state index contributed by atoms with van der Waals surface area (Å²) in [5.74, 6) is 0. The van der Waals surface area contributed by atoms with Gasteiger partial charge in [0, 0.05) is 6.61 Å². The highest BCUT2D eigenvalue weighted by Gasteiger charge is 2.39. The Hall–Kier alpha value is -0.280. The van der Waals surface area contributed by atoms with E-state index in [1.165, 1.54) is 19.3 Å². The Morgan fingerprint density at radius 1 is 1.21 bits per heavy atom. The molecule has 0 bridgehead atoms. The van der Waals surface area contributed by atoms with Gasteiger partial charge in [0.1, 0.15) is 0 Å². The first-order valence-electron chi connectivity index (χ1n) is 6.93. The molecule has 1 saturated carbocycles. The van der Waals surface area contributed by atoms with E-state index in [9.17, 15) is 0 Å². The summed E-state index contributed by atoms with van der Waals surface area (Å²) < 4.78 is 6.06. The monoisotopic (exact) mass is 301 g/mol. The van der Waals surface area contributed by atoms with E-state index in [-0.39, 0.29) is 11.6 Å². The lowest BCUT2D eigenvalue weighted by atomic mass is 9.77. The van der Waals surface area contributed by atoms with E-state index in [2.05, 4.69) is 0 Å². The van der Waals surface area contributed by atoms with Crippen LogP contribution in [-0.4, -0.2) is 12.2 Å². The first-order chi connectivity index (χ1) is 9.09. The van der Waals surface area contributed by atoms with Crippen molar-refractivity contribution >= 4 is 23.2 Å². The van der Waals surface area contributed by atoms with E-state index < -0.39 is 0 Å². The van der Waals surface area contributed by atoms with Gasteiger partial charge < -0.3 is 10.5 Å². The van der Waals surface area contributed by atoms with Crippen LogP contribution < -0.4 is 5.73 Å². The van der Waals surface area contributed by atoms with Crippen LogP contribution in [0.4, 0.5) is 0 Å². The number of hydrogen-bond acceptors (Lipinski definition) is 2. The molecule has 0 heterocycles. The first-order valence-corrected chi connectivity index (χ1v) is 7.69. The third-order valence-corrected chi connectivity index (χ3v) is 4.74. The second-order valence-corrected chi connectivity index (χ2v) is 6.02. The van der Waals surface area contributed by atoms with Crippen molar-refractivity contribution in [3.63, 3.8) is 0 Å². The SMILES string of the molecule is CCOC1(C(N)c2ccc(Cl)c(Cl)c2)CCCCC1. The van der Waals surface area contributed by atoms with Crippen molar-refractivity contribution in [1.29, 1.82) is 0 Å². The van der Waals surface area contributed by atoms with Gasteiger partial charge in [0.15, 0.2) is 0 Å². The zero-order valence-corrected chi connectivity index (χ0v) is 12.8. The van der Waals surface area contributed by atoms with Gasteiger partial charge in [-0.15, -0.1) is 0 Å². The molecule has 1 aliphatic rings. The lowest BCUT2D eigenvalue weighted by molar-refractivity contribution is -0.0830. The number of hydrogen-bond donors (Lipinski definition) is 1. The average molecular weight is 302 g/mol. The normalized spacial score (nSPS) is 20.2. The van der Waals surface area contributed by atoms with Gasteiger partial charge in [-0.2, -0.15) is 0 Å². The first kappa shape index (κ1) is 15.1. The highest BCUT2D eigenvalue weighted by Crippen LogP contribution is 2.41. The van der Waals surface area contributed by atoms with Crippen molar-refractivity contribution in [3.8, 4) is 0 Å². The fourth-order valence-corrected chi connectivity index (χ4v) is 3.30. The summed E-state index contributed by atoms with van der Waals surface area (Å²) >= 11 is 12.1. The smallest absolute Gasteiger partial charge is 0.0874 e. The van der Waals surface area contributed by atoms with E-state index in [1.54, 1.807) is 0 Å². The number of benzene rings is 1. The lowest BCUT2D eigenvalue weighted by Crippen LogP contribution is -2.45. The minimum absolute atomic E-state index is 0.150. The van der Waals surface area contributed by atoms with Crippen LogP contribution in [-0.2, 0) is 4.74 Å². The molecule has 1 unspecified atom stereocenters. The Morgan fingerprint density at radius 2 is 1.89 bits per heavy atom. The van der Waals surface area contributed by atoms with Crippen molar-refractivity contribution < 1.29 is 4.74 Å². The molecule has 106 valence electrons. The fraction of sp³-hybridized carbons (Fsp3) is 0.600. The summed E-state index contributed by atoms with van der Waals surface area (Å²) in [5.41, 5.74) is 7.24. The van der Waals surface area contributed by atoms with Gasteiger partial charge in [-0.25, -0.2) is 0 Å². The predicted molar refractivity (Wildman–Crippen MR) is 80.8 cm³/mol. The van der Waals surface area contributed by atoms with Crippen molar-refractivity contribution in [3.05, 3.63) is 33.8 Å². The molecule has 0 radical (unpaired) electrons. The molecule has 1 aliphatic carbocycles. The van der Waals surface area contributed by atoms with E-state index >= 15 is 0 Å². The Kier molecular flexibility index (Phi) is 5.13. The number of halogens is 2. The summed E-state index contributed by atoms with van der Waals surface area (Å²) in [6, 6.07) is 5.47. The van der Waals surface area contributed by atoms with Gasteiger partial charge in [0.2, 0.25) is 0 Å². The van der Waals surface area contributed by atoms with Crippen LogP contribution in [0.5, 0.6) is 0 Å². The van der Waals surface area contributed by atoms with Gasteiger partial charge >= 0.3 is 0 Å². The molecular formula is C15H21Cl2NO. The summed E-state index contributed by atoms with van der Waals surface area (Å²) in [6.07, 6.45) is 5.65. The molecule has 0 spiro atoms. The molecule has 2 rings (SSSR count). The van der Waals surface area contributed by atoms with Gasteiger partial charge in [-0.1, -0.05) is 48.5 Å². The molecule has 1 fully saturated rings. The van der Waals surface area contributed by atoms with Crippen LogP contribution in [0.3, 0.4) is 0 Å². The van der Waals surface area contributed by atoms with Gasteiger partial charge in [-0.05, 0) is 37.5 Å². The van der Waals surface area contributed by atoms with Gasteiger partial charge in [0.25, 0.3) is 0 Å². The maximum atomic E-state index is 6.48. The summed E-state index contributed by atoms with van der Waals surface area (Å²) in [7, 11) is 0. The van der Waals surface area contributed by atoms with Gasteiger partial charge in [-0.3, -0.25) is 0 Å². The van der Waals surface area contributed by atoms with E-state index in [0.29, 0.717) is 16.7 Å². The standard InChI is InChI=1S/C15H21Cl2NO/c1-2-19-15(8-4-3-5-9-15)14(18)11-6-7-12(16)13(17)10-11/h6-7,10,14H,2-5,8-9,18H2,1H3. The maximum Gasteiger partial charge on any atom is 0.0874 e. The number of nitrogens with two attached hydrogens (primary N) is 1. The van der Waals surface area contributed by atoms with E-state index in [0.717, 1.165) is 18.4 Å². The van der Waals surface area contributed by atoms with Crippen LogP contribution in [0.1, 0.15) is 50.6 Å². The van der Waals surface area contributed by atoms with Crippen LogP contribution in [0, 0.1) is 0 Å². The van der Waals surface area contributed by atoms with Gasteiger partial charge in [0.05, 0.1) is 21.7 Å². The molecule has 0 amide bonds. The van der Waals surface area contributed by atoms with Crippen LogP contribution in [0.15, 0.2) is 18.2 Å². The predicted octanol–water partition coefficient (Wildman–Crippen LogP) is 4.73. The third-order valence-electron chi connectivity index (χ3n) is 4.00. The Balaban J connectivity index is 2.27. The number of rotatable bonds is 4. The quantitative estimate of drug-likeness (QED) is 0.872. The number of ether oxygens (including phenoxy) is 1. The van der Waals surface area contributed by atoms with E-state index in [4.69, 9.17) is 33.7 Å². The molecule has 1 aromatic carbocycles. The van der Waals surface area contributed by atoms with Crippen molar-refractivity contribution in [2.75, 3.05) is 6.61 Å². The highest BCUT2D eigenvalue weighted by atomic mass is 35.5. The zero-order valence-electron chi connectivity index (χ0n) is 11.3. The van der Waals surface area contributed by atoms with E-state index in [1.807, 2.05) is 25.1 Å². The summed E-state index contributed by atoms with van der Waals surface area (Å²) in [6.45, 7) is 2.72. The second kappa shape index (κ2) is 6.45. The zero-order chi connectivity index (χ0) is 13.9. The topological polar surface area (TPSA) is 35.2 Å². The van der Waals surface area contributed by atoms with Crippen molar-refractivity contribution in [1.82, 2.24) is 0 Å². The molecule has 2 nitrogen and oxygen atoms in total. The lowest BCUT2D eigenvalue weighted by Gasteiger charge is -2.42. The summed E-state index contributed by atoms with van der Waals surface area (Å²) in [5, 5.41) is 1.11. The minimum Gasteiger partial charge on any atom is -0.373 e. The third kappa shape index (κ3) is 3.25. The maximum absolute atomic E-state index is 6.48. The Morgan fingerprint density at radius 3 is 2.47 bits per heavy atom. The highest BCUT2D eigenvalue weighted by molar-refractivity contribution is 6.42. The van der Waals surface area contributed by atoms with Crippen LogP contribution in [0.25, 0.3) is 0 Å². The largest absolute Gasteiger partial charge is 0.373 e. The molecule has 19 heavy (non-hydrogen) atoms. The molecule has 1 atom stereocenters.